The molecule has 0 saturated heterocycles. The zero-order chi connectivity index (χ0) is 6.20. The first kappa shape index (κ1) is 6.01. The van der Waals surface area contributed by atoms with E-state index in [9.17, 15) is 0 Å². The molecule has 1 atom stereocenters. The first-order chi connectivity index (χ1) is 3.69. The van der Waals surface area contributed by atoms with E-state index in [0.29, 0.717) is 0 Å². The molecule has 0 aromatic heterocycles. The minimum absolute atomic E-state index is 0.115. The molecule has 3 heteroatoms. The quantitative estimate of drug-likeness (QED) is 0.427. The van der Waals surface area contributed by atoms with Gasteiger partial charge >= 0.3 is 0 Å². The molecule has 0 spiro atoms. The molecule has 0 aromatic carbocycles. The molecule has 1 rings (SSSR count). The third-order valence-electron chi connectivity index (χ3n) is 1.65. The molecule has 1 aliphatic rings. The van der Waals surface area contributed by atoms with Crippen molar-refractivity contribution in [2.24, 2.45) is 5.73 Å². The second-order valence-corrected chi connectivity index (χ2v) is 2.39. The van der Waals surface area contributed by atoms with Gasteiger partial charge in [0, 0.05) is 0 Å². The maximum absolute atomic E-state index is 9.11. The van der Waals surface area contributed by atoms with Gasteiger partial charge in [-0.3, -0.25) is 0 Å². The van der Waals surface area contributed by atoms with E-state index in [0.717, 1.165) is 12.8 Å². The van der Waals surface area contributed by atoms with Crippen LogP contribution in [0.5, 0.6) is 0 Å². The molecule has 1 aliphatic carbocycles. The van der Waals surface area contributed by atoms with Crippen LogP contribution in [0.1, 0.15) is 12.8 Å². The summed E-state index contributed by atoms with van der Waals surface area (Å²) in [4.78, 5) is 0. The lowest BCUT2D eigenvalue weighted by atomic mass is 10.2. The van der Waals surface area contributed by atoms with Gasteiger partial charge < -0.3 is 15.9 Å². The van der Waals surface area contributed by atoms with Gasteiger partial charge in [0.15, 0.2) is 0 Å². The maximum atomic E-state index is 9.11. The second-order valence-electron chi connectivity index (χ2n) is 2.39. The molecule has 0 aliphatic heterocycles. The summed E-state index contributed by atoms with van der Waals surface area (Å²) in [5.74, 6) is 0. The molecule has 1 saturated carbocycles. The fourth-order valence-electron chi connectivity index (χ4n) is 0.669. The largest absolute Gasteiger partial charge is 0.395 e. The van der Waals surface area contributed by atoms with Gasteiger partial charge in [-0.1, -0.05) is 0 Å². The number of aliphatic hydroxyl groups is 2. The lowest BCUT2D eigenvalue weighted by Gasteiger charge is -2.13. The van der Waals surface area contributed by atoms with E-state index >= 15 is 0 Å². The fraction of sp³-hybridized carbons (Fsp3) is 1.00. The van der Waals surface area contributed by atoms with E-state index in [-0.39, 0.29) is 6.61 Å². The summed E-state index contributed by atoms with van der Waals surface area (Å²) >= 11 is 0. The Morgan fingerprint density at radius 2 is 2.12 bits per heavy atom. The summed E-state index contributed by atoms with van der Waals surface area (Å²) in [6.45, 7) is -0.115. The van der Waals surface area contributed by atoms with Gasteiger partial charge in [-0.25, -0.2) is 0 Å². The molecule has 0 amide bonds. The van der Waals surface area contributed by atoms with E-state index < -0.39 is 11.6 Å². The lowest BCUT2D eigenvalue weighted by Crippen LogP contribution is -2.39. The molecule has 1 unspecified atom stereocenters. The Bertz CT molecular complexity index is 90.4. The maximum Gasteiger partial charge on any atom is 0.0822 e. The van der Waals surface area contributed by atoms with Crippen LogP contribution in [0.3, 0.4) is 0 Å². The van der Waals surface area contributed by atoms with Gasteiger partial charge in [0.1, 0.15) is 0 Å². The second kappa shape index (κ2) is 1.69. The number of aliphatic hydroxyl groups excluding tert-OH is 1. The van der Waals surface area contributed by atoms with Crippen LogP contribution in [0.2, 0.25) is 0 Å². The van der Waals surface area contributed by atoms with E-state index in [1.54, 1.807) is 0 Å². The van der Waals surface area contributed by atoms with Gasteiger partial charge in [-0.2, -0.15) is 0 Å². The van der Waals surface area contributed by atoms with Crippen molar-refractivity contribution >= 4 is 0 Å². The summed E-state index contributed by atoms with van der Waals surface area (Å²) in [6, 6.07) is -0.428. The molecule has 0 bridgehead atoms. The Labute approximate surface area is 48.1 Å². The summed E-state index contributed by atoms with van der Waals surface area (Å²) in [5, 5.41) is 17.5. The van der Waals surface area contributed by atoms with E-state index in [1.807, 2.05) is 0 Å². The lowest BCUT2D eigenvalue weighted by molar-refractivity contribution is 0.0875. The third-order valence-corrected chi connectivity index (χ3v) is 1.65. The Balaban J connectivity index is 2.34. The molecule has 3 nitrogen and oxygen atoms in total. The molecule has 0 heterocycles. The number of rotatable bonds is 2. The SMILES string of the molecule is NC(CO)C1(O)CC1. The van der Waals surface area contributed by atoms with Crippen molar-refractivity contribution in [2.45, 2.75) is 24.5 Å². The molecular formula is C5H11NO2. The Kier molecular flexibility index (Phi) is 1.27. The van der Waals surface area contributed by atoms with Crippen molar-refractivity contribution in [1.29, 1.82) is 0 Å². The Hall–Kier alpha value is -0.120. The molecule has 4 N–H and O–H groups in total. The molecule has 0 radical (unpaired) electrons. The average molecular weight is 117 g/mol. The number of hydrogen-bond donors (Lipinski definition) is 3. The summed E-state index contributed by atoms with van der Waals surface area (Å²) < 4.78 is 0. The molecule has 48 valence electrons. The van der Waals surface area contributed by atoms with Gasteiger partial charge in [0.05, 0.1) is 18.2 Å². The van der Waals surface area contributed by atoms with E-state index in [1.165, 1.54) is 0 Å². The average Bonchev–Trinajstić information content (AvgIpc) is 2.47. The molecular weight excluding hydrogens is 106 g/mol. The zero-order valence-corrected chi connectivity index (χ0v) is 4.67. The number of nitrogens with two attached hydrogens (primary N) is 1. The predicted molar refractivity (Wildman–Crippen MR) is 29.2 cm³/mol. The summed E-state index contributed by atoms with van der Waals surface area (Å²) in [6.07, 6.45) is 1.49. The fourth-order valence-corrected chi connectivity index (χ4v) is 0.669. The molecule has 1 fully saturated rings. The van der Waals surface area contributed by atoms with E-state index in [4.69, 9.17) is 15.9 Å². The van der Waals surface area contributed by atoms with E-state index in [2.05, 4.69) is 0 Å². The standard InChI is InChI=1S/C5H11NO2/c6-4(3-7)5(8)1-2-5/h4,7-8H,1-3,6H2. The van der Waals surface area contributed by atoms with Crippen molar-refractivity contribution in [2.75, 3.05) is 6.61 Å². The van der Waals surface area contributed by atoms with Crippen LogP contribution in [0, 0.1) is 0 Å². The van der Waals surface area contributed by atoms with Crippen LogP contribution in [0.25, 0.3) is 0 Å². The molecule has 0 aromatic rings. The third kappa shape index (κ3) is 0.844. The molecule has 8 heavy (non-hydrogen) atoms. The van der Waals surface area contributed by atoms with Crippen molar-refractivity contribution in [3.05, 3.63) is 0 Å². The summed E-state index contributed by atoms with van der Waals surface area (Å²) in [7, 11) is 0. The van der Waals surface area contributed by atoms with Gasteiger partial charge in [-0.05, 0) is 12.8 Å². The Morgan fingerprint density at radius 3 is 2.25 bits per heavy atom. The van der Waals surface area contributed by atoms with Crippen LogP contribution in [0.4, 0.5) is 0 Å². The zero-order valence-electron chi connectivity index (χ0n) is 4.67. The monoisotopic (exact) mass is 117 g/mol. The van der Waals surface area contributed by atoms with Crippen LogP contribution < -0.4 is 5.73 Å². The first-order valence-electron chi connectivity index (χ1n) is 2.78. The first-order valence-corrected chi connectivity index (χ1v) is 2.78. The smallest absolute Gasteiger partial charge is 0.0822 e. The minimum atomic E-state index is -0.714. The highest BCUT2D eigenvalue weighted by molar-refractivity contribution is 5.01. The van der Waals surface area contributed by atoms with Crippen LogP contribution in [0.15, 0.2) is 0 Å². The highest BCUT2D eigenvalue weighted by Gasteiger charge is 2.45. The van der Waals surface area contributed by atoms with Crippen molar-refractivity contribution in [1.82, 2.24) is 0 Å². The predicted octanol–water partition coefficient (Wildman–Crippen LogP) is -1.17. The minimum Gasteiger partial charge on any atom is -0.395 e. The normalized spacial score (nSPS) is 27.4. The van der Waals surface area contributed by atoms with Gasteiger partial charge in [0.2, 0.25) is 0 Å². The van der Waals surface area contributed by atoms with Crippen molar-refractivity contribution in [3.8, 4) is 0 Å². The van der Waals surface area contributed by atoms with Gasteiger partial charge in [0.25, 0.3) is 0 Å². The van der Waals surface area contributed by atoms with Crippen LogP contribution in [-0.4, -0.2) is 28.5 Å². The number of hydrogen-bond acceptors (Lipinski definition) is 3. The van der Waals surface area contributed by atoms with Crippen LogP contribution >= 0.6 is 0 Å². The Morgan fingerprint density at radius 1 is 1.62 bits per heavy atom. The van der Waals surface area contributed by atoms with Crippen LogP contribution in [-0.2, 0) is 0 Å². The van der Waals surface area contributed by atoms with Crippen molar-refractivity contribution < 1.29 is 10.2 Å². The summed E-state index contributed by atoms with van der Waals surface area (Å²) in [5.41, 5.74) is 4.60. The highest BCUT2D eigenvalue weighted by Crippen LogP contribution is 2.37. The highest BCUT2D eigenvalue weighted by atomic mass is 16.3. The van der Waals surface area contributed by atoms with Crippen molar-refractivity contribution in [3.63, 3.8) is 0 Å². The van der Waals surface area contributed by atoms with Gasteiger partial charge in [-0.15, -0.1) is 0 Å². The topological polar surface area (TPSA) is 66.5 Å².